The van der Waals surface area contributed by atoms with Gasteiger partial charge in [0, 0.05) is 12.7 Å². The van der Waals surface area contributed by atoms with E-state index in [-0.39, 0.29) is 5.12 Å². The minimum absolute atomic E-state index is 0.214. The zero-order valence-electron chi connectivity index (χ0n) is 12.6. The number of ether oxygens (including phenoxy) is 2. The highest BCUT2D eigenvalue weighted by molar-refractivity contribution is 8.13. The summed E-state index contributed by atoms with van der Waals surface area (Å²) in [6.45, 7) is 1.62. The van der Waals surface area contributed by atoms with Crippen molar-refractivity contribution < 1.29 is 14.3 Å². The van der Waals surface area contributed by atoms with Crippen LogP contribution < -0.4 is 9.47 Å². The fourth-order valence-electron chi connectivity index (χ4n) is 2.06. The van der Waals surface area contributed by atoms with Gasteiger partial charge in [-0.2, -0.15) is 0 Å². The lowest BCUT2D eigenvalue weighted by Gasteiger charge is -2.10. The highest BCUT2D eigenvalue weighted by atomic mass is 32.2. The van der Waals surface area contributed by atoms with Crippen molar-refractivity contribution in [3.63, 3.8) is 0 Å². The van der Waals surface area contributed by atoms with Gasteiger partial charge in [0.1, 0.15) is 11.5 Å². The molecule has 20 heavy (non-hydrogen) atoms. The van der Waals surface area contributed by atoms with E-state index in [0.29, 0.717) is 0 Å². The van der Waals surface area contributed by atoms with Crippen LogP contribution in [0.15, 0.2) is 18.2 Å². The van der Waals surface area contributed by atoms with Crippen LogP contribution in [0, 0.1) is 0 Å². The lowest BCUT2D eigenvalue weighted by Crippen LogP contribution is -1.94. The van der Waals surface area contributed by atoms with E-state index in [0.717, 1.165) is 36.5 Å². The second-order valence-corrected chi connectivity index (χ2v) is 5.95. The predicted octanol–water partition coefficient (Wildman–Crippen LogP) is 4.09. The molecule has 0 saturated carbocycles. The zero-order valence-corrected chi connectivity index (χ0v) is 13.4. The predicted molar refractivity (Wildman–Crippen MR) is 84.9 cm³/mol. The summed E-state index contributed by atoms with van der Waals surface area (Å²) >= 11 is 1.42. The minimum atomic E-state index is 0.214. The third kappa shape index (κ3) is 6.33. The van der Waals surface area contributed by atoms with Crippen molar-refractivity contribution in [3.05, 3.63) is 23.8 Å². The zero-order chi connectivity index (χ0) is 14.8. The van der Waals surface area contributed by atoms with Crippen molar-refractivity contribution in [1.29, 1.82) is 0 Å². The molecule has 0 fully saturated rings. The largest absolute Gasteiger partial charge is 0.497 e. The summed E-state index contributed by atoms with van der Waals surface area (Å²) in [5.74, 6) is 2.74. The topological polar surface area (TPSA) is 35.5 Å². The van der Waals surface area contributed by atoms with E-state index in [9.17, 15) is 4.79 Å². The Labute approximate surface area is 126 Å². The fraction of sp³-hybridized carbons (Fsp3) is 0.562. The third-order valence-electron chi connectivity index (χ3n) is 3.13. The quantitative estimate of drug-likeness (QED) is 0.643. The molecule has 0 aliphatic carbocycles. The molecule has 0 spiro atoms. The summed E-state index contributed by atoms with van der Waals surface area (Å²) in [5.41, 5.74) is 1.20. The first-order valence-corrected chi connectivity index (χ1v) is 8.00. The Hall–Kier alpha value is -1.16. The molecule has 0 aromatic heterocycles. The molecule has 0 aliphatic rings. The second-order valence-electron chi connectivity index (χ2n) is 4.68. The SMILES string of the molecule is COc1ccc(OC)c(CCCCCCSC(C)=O)c1. The van der Waals surface area contributed by atoms with Gasteiger partial charge in [-0.15, -0.1) is 0 Å². The Balaban J connectivity index is 2.28. The molecule has 1 rings (SSSR count). The van der Waals surface area contributed by atoms with Gasteiger partial charge in [0.15, 0.2) is 5.12 Å². The molecule has 0 N–H and O–H groups in total. The molecule has 0 atom stereocenters. The third-order valence-corrected chi connectivity index (χ3v) is 4.03. The van der Waals surface area contributed by atoms with Crippen LogP contribution in [0.3, 0.4) is 0 Å². The molecule has 0 heterocycles. The van der Waals surface area contributed by atoms with Crippen LogP contribution in [-0.4, -0.2) is 25.1 Å². The number of thioether (sulfide) groups is 1. The Morgan fingerprint density at radius 2 is 1.85 bits per heavy atom. The van der Waals surface area contributed by atoms with Crippen LogP contribution in [0.1, 0.15) is 38.2 Å². The number of hydrogen-bond donors (Lipinski definition) is 0. The summed E-state index contributed by atoms with van der Waals surface area (Å²) < 4.78 is 10.6. The van der Waals surface area contributed by atoms with E-state index < -0.39 is 0 Å². The Morgan fingerprint density at radius 1 is 1.10 bits per heavy atom. The maximum absolute atomic E-state index is 10.8. The van der Waals surface area contributed by atoms with Crippen LogP contribution in [-0.2, 0) is 11.2 Å². The lowest BCUT2D eigenvalue weighted by molar-refractivity contribution is -0.109. The van der Waals surface area contributed by atoms with E-state index in [2.05, 4.69) is 0 Å². The van der Waals surface area contributed by atoms with Crippen molar-refractivity contribution in [1.82, 2.24) is 0 Å². The van der Waals surface area contributed by atoms with E-state index >= 15 is 0 Å². The summed E-state index contributed by atoms with van der Waals surface area (Å²) in [4.78, 5) is 10.8. The van der Waals surface area contributed by atoms with Gasteiger partial charge in [-0.05, 0) is 43.0 Å². The van der Waals surface area contributed by atoms with Crippen LogP contribution in [0.25, 0.3) is 0 Å². The van der Waals surface area contributed by atoms with Crippen LogP contribution in [0.5, 0.6) is 11.5 Å². The lowest BCUT2D eigenvalue weighted by atomic mass is 10.0. The van der Waals surface area contributed by atoms with E-state index in [1.807, 2.05) is 18.2 Å². The van der Waals surface area contributed by atoms with E-state index in [1.54, 1.807) is 21.1 Å². The van der Waals surface area contributed by atoms with Crippen molar-refractivity contribution in [3.8, 4) is 11.5 Å². The molecule has 3 nitrogen and oxygen atoms in total. The van der Waals surface area contributed by atoms with E-state index in [4.69, 9.17) is 9.47 Å². The van der Waals surface area contributed by atoms with Crippen LogP contribution in [0.4, 0.5) is 0 Å². The smallest absolute Gasteiger partial charge is 0.185 e. The molecule has 1 aromatic rings. The van der Waals surface area contributed by atoms with Gasteiger partial charge in [-0.3, -0.25) is 4.79 Å². The molecule has 0 saturated heterocycles. The Morgan fingerprint density at radius 3 is 2.50 bits per heavy atom. The maximum atomic E-state index is 10.8. The normalized spacial score (nSPS) is 10.3. The standard InChI is InChI=1S/C16H24O3S/c1-13(17)20-11-7-5-4-6-8-14-12-15(18-2)9-10-16(14)19-3/h9-10,12H,4-8,11H2,1-3H3. The highest BCUT2D eigenvalue weighted by Gasteiger charge is 2.04. The molecule has 0 unspecified atom stereocenters. The Kier molecular flexibility index (Phi) is 8.19. The van der Waals surface area contributed by atoms with Crippen molar-refractivity contribution >= 4 is 16.9 Å². The number of methoxy groups -OCH3 is 2. The summed E-state index contributed by atoms with van der Waals surface area (Å²) in [7, 11) is 3.38. The molecular formula is C16H24O3S. The van der Waals surface area contributed by atoms with Gasteiger partial charge in [0.25, 0.3) is 0 Å². The van der Waals surface area contributed by atoms with Gasteiger partial charge in [0.2, 0.25) is 0 Å². The molecule has 0 aliphatic heterocycles. The summed E-state index contributed by atoms with van der Waals surface area (Å²) in [6, 6.07) is 5.92. The van der Waals surface area contributed by atoms with Crippen molar-refractivity contribution in [2.75, 3.05) is 20.0 Å². The molecule has 4 heteroatoms. The van der Waals surface area contributed by atoms with Crippen LogP contribution in [0.2, 0.25) is 0 Å². The molecule has 112 valence electrons. The monoisotopic (exact) mass is 296 g/mol. The van der Waals surface area contributed by atoms with Crippen molar-refractivity contribution in [2.45, 2.75) is 39.0 Å². The fourth-order valence-corrected chi connectivity index (χ4v) is 2.70. The maximum Gasteiger partial charge on any atom is 0.185 e. The van der Waals surface area contributed by atoms with Crippen LogP contribution >= 0.6 is 11.8 Å². The number of carbonyl (C=O) groups excluding carboxylic acids is 1. The average Bonchev–Trinajstić information content (AvgIpc) is 2.45. The summed E-state index contributed by atoms with van der Waals surface area (Å²) in [5, 5.41) is 0.214. The first-order chi connectivity index (χ1) is 9.67. The number of unbranched alkanes of at least 4 members (excludes halogenated alkanes) is 3. The molecule has 0 radical (unpaired) electrons. The summed E-state index contributed by atoms with van der Waals surface area (Å²) in [6.07, 6.45) is 5.60. The first kappa shape index (κ1) is 16.9. The second kappa shape index (κ2) is 9.70. The first-order valence-electron chi connectivity index (χ1n) is 7.01. The number of aryl methyl sites for hydroxylation is 1. The number of rotatable bonds is 9. The Bertz CT molecular complexity index is 418. The molecular weight excluding hydrogens is 272 g/mol. The number of carbonyl (C=O) groups is 1. The molecule has 0 bridgehead atoms. The van der Waals surface area contributed by atoms with E-state index in [1.165, 1.54) is 30.2 Å². The van der Waals surface area contributed by atoms with Crippen molar-refractivity contribution in [2.24, 2.45) is 0 Å². The van der Waals surface area contributed by atoms with Gasteiger partial charge >= 0.3 is 0 Å². The van der Waals surface area contributed by atoms with Gasteiger partial charge in [-0.25, -0.2) is 0 Å². The number of hydrogen-bond acceptors (Lipinski definition) is 4. The average molecular weight is 296 g/mol. The highest BCUT2D eigenvalue weighted by Crippen LogP contribution is 2.25. The van der Waals surface area contributed by atoms with Gasteiger partial charge in [0.05, 0.1) is 14.2 Å². The number of benzene rings is 1. The molecule has 0 amide bonds. The molecule has 1 aromatic carbocycles. The minimum Gasteiger partial charge on any atom is -0.497 e. The van der Waals surface area contributed by atoms with Gasteiger partial charge < -0.3 is 9.47 Å². The van der Waals surface area contributed by atoms with Gasteiger partial charge in [-0.1, -0.05) is 24.6 Å².